The van der Waals surface area contributed by atoms with Crippen LogP contribution >= 0.6 is 27.3 Å². The fourth-order valence-electron chi connectivity index (χ4n) is 1.35. The highest BCUT2D eigenvalue weighted by atomic mass is 79.9. The van der Waals surface area contributed by atoms with Gasteiger partial charge < -0.3 is 4.74 Å². The lowest BCUT2D eigenvalue weighted by molar-refractivity contribution is 0.112. The Morgan fingerprint density at radius 2 is 2.00 bits per heavy atom. The maximum Gasteiger partial charge on any atom is 0.191 e. The molecule has 0 N–H and O–H groups in total. The number of carbonyl (C=O) groups is 1. The van der Waals surface area contributed by atoms with Crippen LogP contribution in [-0.4, -0.2) is 6.29 Å². The molecule has 0 radical (unpaired) electrons. The summed E-state index contributed by atoms with van der Waals surface area (Å²) in [5.74, 6) is -2.24. The summed E-state index contributed by atoms with van der Waals surface area (Å²) >= 11 is 4.71. The summed E-state index contributed by atoms with van der Waals surface area (Å²) in [7, 11) is 0. The van der Waals surface area contributed by atoms with Crippen molar-refractivity contribution in [3.63, 3.8) is 0 Å². The molecule has 2 nitrogen and oxygen atoms in total. The number of hydrogen-bond donors (Lipinski definition) is 0. The Hall–Kier alpha value is -1.27. The van der Waals surface area contributed by atoms with Gasteiger partial charge in [-0.05, 0) is 39.5 Å². The average molecular weight is 333 g/mol. The molecular weight excluding hydrogens is 326 g/mol. The van der Waals surface area contributed by atoms with E-state index in [9.17, 15) is 13.6 Å². The quantitative estimate of drug-likeness (QED) is 0.785. The van der Waals surface area contributed by atoms with Gasteiger partial charge in [-0.1, -0.05) is 0 Å². The summed E-state index contributed by atoms with van der Waals surface area (Å²) in [5, 5.41) is 1.84. The molecule has 2 rings (SSSR count). The van der Waals surface area contributed by atoms with Crippen molar-refractivity contribution in [2.75, 3.05) is 0 Å². The number of rotatable bonds is 4. The largest absolute Gasteiger partial charge is 0.482 e. The molecule has 6 heteroatoms. The Balaban J connectivity index is 2.19. The lowest BCUT2D eigenvalue weighted by Crippen LogP contribution is -2.00. The first-order chi connectivity index (χ1) is 8.61. The Morgan fingerprint density at radius 3 is 2.50 bits per heavy atom. The van der Waals surface area contributed by atoms with Gasteiger partial charge in [0.25, 0.3) is 0 Å². The molecule has 2 aromatic rings. The van der Waals surface area contributed by atoms with E-state index in [1.807, 2.05) is 11.4 Å². The maximum absolute atomic E-state index is 13.5. The van der Waals surface area contributed by atoms with Gasteiger partial charge >= 0.3 is 0 Å². The van der Waals surface area contributed by atoms with Crippen molar-refractivity contribution in [3.05, 3.63) is 50.1 Å². The number of halogens is 3. The van der Waals surface area contributed by atoms with Crippen molar-refractivity contribution in [1.82, 2.24) is 0 Å². The maximum atomic E-state index is 13.5. The van der Waals surface area contributed by atoms with E-state index >= 15 is 0 Å². The van der Waals surface area contributed by atoms with Gasteiger partial charge in [0.1, 0.15) is 12.9 Å². The van der Waals surface area contributed by atoms with Gasteiger partial charge in [0.05, 0.1) is 4.88 Å². The molecule has 1 heterocycles. The number of hydrogen-bond acceptors (Lipinski definition) is 3. The molecule has 0 unspecified atom stereocenters. The van der Waals surface area contributed by atoms with E-state index in [-0.39, 0.29) is 12.2 Å². The molecule has 0 fully saturated rings. The minimum atomic E-state index is -0.884. The van der Waals surface area contributed by atoms with E-state index in [2.05, 4.69) is 15.9 Å². The van der Waals surface area contributed by atoms with Crippen LogP contribution in [-0.2, 0) is 6.61 Å². The Morgan fingerprint density at radius 1 is 1.33 bits per heavy atom. The van der Waals surface area contributed by atoms with E-state index in [0.29, 0.717) is 6.29 Å². The lowest BCUT2D eigenvalue weighted by atomic mass is 10.2. The van der Waals surface area contributed by atoms with Gasteiger partial charge in [-0.15, -0.1) is 11.3 Å². The van der Waals surface area contributed by atoms with Crippen molar-refractivity contribution in [2.45, 2.75) is 6.61 Å². The number of aldehydes is 1. The molecule has 0 saturated heterocycles. The normalized spacial score (nSPS) is 10.4. The highest BCUT2D eigenvalue weighted by Crippen LogP contribution is 2.27. The Bertz CT molecular complexity index is 560. The summed E-state index contributed by atoms with van der Waals surface area (Å²) in [6, 6.07) is 3.70. The highest BCUT2D eigenvalue weighted by molar-refractivity contribution is 9.10. The minimum absolute atomic E-state index is 0.0605. The third-order valence-corrected chi connectivity index (χ3v) is 4.10. The molecule has 1 aromatic carbocycles. The second-order valence-electron chi connectivity index (χ2n) is 3.41. The fraction of sp³-hybridized carbons (Fsp3) is 0.0833. The first-order valence-corrected chi connectivity index (χ1v) is 6.58. The zero-order valence-corrected chi connectivity index (χ0v) is 11.4. The first kappa shape index (κ1) is 13.2. The summed E-state index contributed by atoms with van der Waals surface area (Å²) in [5.41, 5.74) is -0.0605. The van der Waals surface area contributed by atoms with Crippen molar-refractivity contribution in [2.24, 2.45) is 0 Å². The van der Waals surface area contributed by atoms with E-state index in [4.69, 9.17) is 4.74 Å². The molecule has 1 aromatic heterocycles. The van der Waals surface area contributed by atoms with Crippen LogP contribution in [0.25, 0.3) is 0 Å². The molecule has 0 bridgehead atoms. The number of benzene rings is 1. The van der Waals surface area contributed by atoms with Crippen molar-refractivity contribution in [3.8, 4) is 5.75 Å². The van der Waals surface area contributed by atoms with Gasteiger partial charge in [0.15, 0.2) is 17.4 Å². The van der Waals surface area contributed by atoms with Crippen LogP contribution in [0.15, 0.2) is 28.1 Å². The summed E-state index contributed by atoms with van der Waals surface area (Å²) in [6.07, 6.45) is 0.381. The topological polar surface area (TPSA) is 26.3 Å². The van der Waals surface area contributed by atoms with Crippen LogP contribution in [0.5, 0.6) is 5.75 Å². The van der Waals surface area contributed by atoms with Gasteiger partial charge in [0.2, 0.25) is 0 Å². The smallest absolute Gasteiger partial charge is 0.191 e. The second kappa shape index (κ2) is 5.58. The van der Waals surface area contributed by atoms with Crippen LogP contribution < -0.4 is 4.74 Å². The third-order valence-electron chi connectivity index (χ3n) is 2.20. The molecular formula is C12H7BrF2O2S. The van der Waals surface area contributed by atoms with E-state index in [0.717, 1.165) is 21.5 Å². The summed E-state index contributed by atoms with van der Waals surface area (Å²) < 4.78 is 32.9. The van der Waals surface area contributed by atoms with Crippen LogP contribution in [0.4, 0.5) is 8.78 Å². The predicted molar refractivity (Wildman–Crippen MR) is 68.1 cm³/mol. The van der Waals surface area contributed by atoms with E-state index in [1.54, 1.807) is 0 Å². The van der Waals surface area contributed by atoms with Gasteiger partial charge in [-0.3, -0.25) is 4.79 Å². The van der Waals surface area contributed by atoms with Crippen LogP contribution in [0.1, 0.15) is 15.2 Å². The van der Waals surface area contributed by atoms with Crippen LogP contribution in [0, 0.1) is 11.6 Å². The Kier molecular flexibility index (Phi) is 4.08. The van der Waals surface area contributed by atoms with E-state index in [1.165, 1.54) is 11.3 Å². The number of carbonyl (C=O) groups excluding carboxylic acids is 1. The standard InChI is InChI=1S/C12H7BrF2O2S/c13-8-1-2-18-11(8)6-17-12-9(14)3-7(5-16)4-10(12)15/h1-5H,6H2. The van der Waals surface area contributed by atoms with Gasteiger partial charge in [0, 0.05) is 10.0 Å². The average Bonchev–Trinajstić information content (AvgIpc) is 2.73. The molecule has 0 aliphatic rings. The molecule has 0 aliphatic heterocycles. The zero-order valence-electron chi connectivity index (χ0n) is 8.95. The lowest BCUT2D eigenvalue weighted by Gasteiger charge is -2.08. The Labute approximate surface area is 114 Å². The van der Waals surface area contributed by atoms with Gasteiger partial charge in [-0.2, -0.15) is 0 Å². The minimum Gasteiger partial charge on any atom is -0.482 e. The van der Waals surface area contributed by atoms with Crippen LogP contribution in [0.3, 0.4) is 0 Å². The molecule has 0 atom stereocenters. The molecule has 0 saturated carbocycles. The van der Waals surface area contributed by atoms with Crippen molar-refractivity contribution >= 4 is 33.6 Å². The molecule has 18 heavy (non-hydrogen) atoms. The molecule has 0 aliphatic carbocycles. The molecule has 0 amide bonds. The van der Waals surface area contributed by atoms with Crippen LogP contribution in [0.2, 0.25) is 0 Å². The fourth-order valence-corrected chi connectivity index (χ4v) is 2.73. The molecule has 94 valence electrons. The first-order valence-electron chi connectivity index (χ1n) is 4.90. The van der Waals surface area contributed by atoms with Crippen molar-refractivity contribution in [1.29, 1.82) is 0 Å². The summed E-state index contributed by atoms with van der Waals surface area (Å²) in [6.45, 7) is 0.0620. The van der Waals surface area contributed by atoms with Crippen molar-refractivity contribution < 1.29 is 18.3 Å². The zero-order chi connectivity index (χ0) is 13.1. The SMILES string of the molecule is O=Cc1cc(F)c(OCc2sccc2Br)c(F)c1. The second-order valence-corrected chi connectivity index (χ2v) is 5.27. The predicted octanol–water partition coefficient (Wildman–Crippen LogP) is 4.18. The van der Waals surface area contributed by atoms with E-state index < -0.39 is 17.4 Å². The molecule has 0 spiro atoms. The van der Waals surface area contributed by atoms with Gasteiger partial charge in [-0.25, -0.2) is 8.78 Å². The summed E-state index contributed by atoms with van der Waals surface area (Å²) in [4.78, 5) is 11.3. The monoisotopic (exact) mass is 332 g/mol. The highest BCUT2D eigenvalue weighted by Gasteiger charge is 2.13. The third kappa shape index (κ3) is 2.76. The number of thiophene rings is 1. The number of ether oxygens (including phenoxy) is 1.